The molecule has 1 amide bonds. The first-order valence-electron chi connectivity index (χ1n) is 10.8. The predicted molar refractivity (Wildman–Crippen MR) is 123 cm³/mol. The number of rotatable bonds is 7. The topological polar surface area (TPSA) is 66.8 Å². The Morgan fingerprint density at radius 3 is 2.42 bits per heavy atom. The molecule has 6 heteroatoms. The van der Waals surface area contributed by atoms with E-state index in [0.717, 1.165) is 5.56 Å². The molecular formula is C27H24FNO4. The molecule has 4 rings (SSSR count). The zero-order valence-electron chi connectivity index (χ0n) is 18.2. The molecule has 1 heterocycles. The average molecular weight is 445 g/mol. The molecule has 1 N–H and O–H groups in total. The minimum Gasteiger partial charge on any atom is -0.507 e. The number of hydrogen-bond acceptors (Lipinski definition) is 4. The third kappa shape index (κ3) is 4.65. The fourth-order valence-electron chi connectivity index (χ4n) is 4.05. The molecule has 1 aliphatic rings. The van der Waals surface area contributed by atoms with Crippen molar-refractivity contribution in [3.63, 3.8) is 0 Å². The fraction of sp³-hybridized carbons (Fsp3) is 0.185. The molecule has 0 saturated carbocycles. The smallest absolute Gasteiger partial charge is 0.295 e. The van der Waals surface area contributed by atoms with Crippen molar-refractivity contribution in [3.8, 4) is 5.75 Å². The molecule has 3 aromatic carbocycles. The first kappa shape index (κ1) is 22.3. The molecule has 1 saturated heterocycles. The number of benzene rings is 3. The molecule has 33 heavy (non-hydrogen) atoms. The van der Waals surface area contributed by atoms with Crippen LogP contribution in [0.1, 0.15) is 29.7 Å². The van der Waals surface area contributed by atoms with Crippen molar-refractivity contribution in [3.05, 3.63) is 107 Å². The number of likely N-dealkylation sites (tertiary alicyclic amines) is 1. The van der Waals surface area contributed by atoms with Gasteiger partial charge in [-0.05, 0) is 48.7 Å². The van der Waals surface area contributed by atoms with E-state index in [1.54, 1.807) is 24.3 Å². The van der Waals surface area contributed by atoms with Gasteiger partial charge in [0.2, 0.25) is 0 Å². The van der Waals surface area contributed by atoms with Crippen LogP contribution in [-0.2, 0) is 16.0 Å². The maximum atomic E-state index is 13.6. The van der Waals surface area contributed by atoms with Crippen molar-refractivity contribution in [2.24, 2.45) is 0 Å². The van der Waals surface area contributed by atoms with Gasteiger partial charge in [0.25, 0.3) is 11.7 Å². The molecule has 0 aliphatic carbocycles. The Morgan fingerprint density at radius 1 is 1.00 bits per heavy atom. The van der Waals surface area contributed by atoms with Crippen molar-refractivity contribution >= 4 is 17.4 Å². The summed E-state index contributed by atoms with van der Waals surface area (Å²) in [7, 11) is 0. The van der Waals surface area contributed by atoms with Crippen LogP contribution in [0.15, 0.2) is 84.4 Å². The van der Waals surface area contributed by atoms with Crippen molar-refractivity contribution in [2.75, 3.05) is 13.2 Å². The summed E-state index contributed by atoms with van der Waals surface area (Å²) in [6.45, 7) is 2.56. The normalized spacial score (nSPS) is 17.4. The number of carbonyl (C=O) groups is 2. The minimum atomic E-state index is -0.829. The van der Waals surface area contributed by atoms with Crippen LogP contribution in [-0.4, -0.2) is 34.8 Å². The van der Waals surface area contributed by atoms with Gasteiger partial charge in [-0.1, -0.05) is 54.6 Å². The van der Waals surface area contributed by atoms with E-state index in [9.17, 15) is 19.1 Å². The Balaban J connectivity index is 1.78. The first-order chi connectivity index (χ1) is 16.0. The number of ether oxygens (including phenoxy) is 1. The maximum Gasteiger partial charge on any atom is 0.295 e. The van der Waals surface area contributed by atoms with Gasteiger partial charge >= 0.3 is 0 Å². The van der Waals surface area contributed by atoms with Gasteiger partial charge in [0.1, 0.15) is 17.3 Å². The number of aliphatic hydroxyl groups excluding tert-OH is 1. The number of carbonyl (C=O) groups excluding carboxylic acids is 2. The summed E-state index contributed by atoms with van der Waals surface area (Å²) in [6, 6.07) is 21.1. The third-order valence-electron chi connectivity index (χ3n) is 5.63. The third-order valence-corrected chi connectivity index (χ3v) is 5.63. The number of ketones is 1. The van der Waals surface area contributed by atoms with E-state index in [4.69, 9.17) is 4.74 Å². The van der Waals surface area contributed by atoms with Gasteiger partial charge < -0.3 is 14.7 Å². The number of halogens is 1. The summed E-state index contributed by atoms with van der Waals surface area (Å²) in [5.74, 6) is -1.63. The summed E-state index contributed by atoms with van der Waals surface area (Å²) >= 11 is 0. The van der Waals surface area contributed by atoms with Crippen LogP contribution in [0.2, 0.25) is 0 Å². The van der Waals surface area contributed by atoms with Gasteiger partial charge in [0.05, 0.1) is 18.2 Å². The number of aliphatic hydroxyl groups is 1. The van der Waals surface area contributed by atoms with E-state index < -0.39 is 23.5 Å². The Labute approximate surface area is 191 Å². The van der Waals surface area contributed by atoms with Gasteiger partial charge in [-0.25, -0.2) is 4.39 Å². The molecule has 1 atom stereocenters. The zero-order chi connectivity index (χ0) is 23.4. The highest BCUT2D eigenvalue weighted by molar-refractivity contribution is 6.46. The molecule has 1 fully saturated rings. The SMILES string of the molecule is CCOc1cccc(C(O)=C2C(=O)C(=O)N(CCc3ccccc3)C2c2ccc(F)cc2)c1. The Bertz CT molecular complexity index is 1190. The molecule has 5 nitrogen and oxygen atoms in total. The zero-order valence-corrected chi connectivity index (χ0v) is 18.2. The molecule has 3 aromatic rings. The van der Waals surface area contributed by atoms with Crippen LogP contribution in [0.4, 0.5) is 4.39 Å². The molecule has 0 bridgehead atoms. The van der Waals surface area contributed by atoms with Crippen molar-refractivity contribution < 1.29 is 23.8 Å². The summed E-state index contributed by atoms with van der Waals surface area (Å²) in [5, 5.41) is 11.1. The van der Waals surface area contributed by atoms with Crippen LogP contribution in [0.3, 0.4) is 0 Å². The van der Waals surface area contributed by atoms with E-state index in [1.165, 1.54) is 29.2 Å². The summed E-state index contributed by atoms with van der Waals surface area (Å²) in [5.41, 5.74) is 1.91. The Hall–Kier alpha value is -3.93. The lowest BCUT2D eigenvalue weighted by molar-refractivity contribution is -0.139. The predicted octanol–water partition coefficient (Wildman–Crippen LogP) is 4.89. The molecule has 168 valence electrons. The lowest BCUT2D eigenvalue weighted by Gasteiger charge is -2.25. The monoisotopic (exact) mass is 445 g/mol. The van der Waals surface area contributed by atoms with Crippen molar-refractivity contribution in [2.45, 2.75) is 19.4 Å². The number of Topliss-reactive ketones (excluding diaryl/α,β-unsaturated/α-hetero) is 1. The highest BCUT2D eigenvalue weighted by Gasteiger charge is 2.45. The van der Waals surface area contributed by atoms with E-state index in [0.29, 0.717) is 29.9 Å². The van der Waals surface area contributed by atoms with Gasteiger partial charge in [-0.2, -0.15) is 0 Å². The Morgan fingerprint density at radius 2 is 1.73 bits per heavy atom. The second-order valence-corrected chi connectivity index (χ2v) is 7.74. The van der Waals surface area contributed by atoms with E-state index in [2.05, 4.69) is 0 Å². The van der Waals surface area contributed by atoms with Crippen LogP contribution >= 0.6 is 0 Å². The van der Waals surface area contributed by atoms with Crippen LogP contribution in [0.5, 0.6) is 5.75 Å². The maximum absolute atomic E-state index is 13.6. The molecule has 0 radical (unpaired) electrons. The molecular weight excluding hydrogens is 421 g/mol. The lowest BCUT2D eigenvalue weighted by Crippen LogP contribution is -2.31. The molecule has 0 spiro atoms. The highest BCUT2D eigenvalue weighted by Crippen LogP contribution is 2.39. The van der Waals surface area contributed by atoms with E-state index in [-0.39, 0.29) is 17.9 Å². The largest absolute Gasteiger partial charge is 0.507 e. The minimum absolute atomic E-state index is 0.0201. The number of hydrogen-bond donors (Lipinski definition) is 1. The second kappa shape index (κ2) is 9.69. The van der Waals surface area contributed by atoms with Gasteiger partial charge in [-0.3, -0.25) is 9.59 Å². The highest BCUT2D eigenvalue weighted by atomic mass is 19.1. The van der Waals surface area contributed by atoms with Gasteiger partial charge in [0.15, 0.2) is 0 Å². The standard InChI is InChI=1S/C27H24FNO4/c1-2-33-22-10-6-9-20(17-22)25(30)23-24(19-11-13-21(28)14-12-19)29(27(32)26(23)31)16-15-18-7-4-3-5-8-18/h3-14,17,24,30H,2,15-16H2,1H3. The van der Waals surface area contributed by atoms with Crippen molar-refractivity contribution in [1.29, 1.82) is 0 Å². The quantitative estimate of drug-likeness (QED) is 0.320. The average Bonchev–Trinajstić information content (AvgIpc) is 3.08. The number of amides is 1. The summed E-state index contributed by atoms with van der Waals surface area (Å²) in [4.78, 5) is 27.6. The van der Waals surface area contributed by atoms with E-state index in [1.807, 2.05) is 37.3 Å². The number of nitrogens with zero attached hydrogens (tertiary/aromatic N) is 1. The molecule has 1 aliphatic heterocycles. The van der Waals surface area contributed by atoms with E-state index >= 15 is 0 Å². The summed E-state index contributed by atoms with van der Waals surface area (Å²) < 4.78 is 19.1. The van der Waals surface area contributed by atoms with Crippen LogP contribution in [0, 0.1) is 5.82 Å². The lowest BCUT2D eigenvalue weighted by atomic mass is 9.95. The Kier molecular flexibility index (Phi) is 6.54. The summed E-state index contributed by atoms with van der Waals surface area (Å²) in [6.07, 6.45) is 0.533. The molecule has 0 aromatic heterocycles. The van der Waals surface area contributed by atoms with Gasteiger partial charge in [-0.15, -0.1) is 0 Å². The first-order valence-corrected chi connectivity index (χ1v) is 10.8. The van der Waals surface area contributed by atoms with Crippen LogP contribution in [0.25, 0.3) is 5.76 Å². The van der Waals surface area contributed by atoms with Crippen molar-refractivity contribution in [1.82, 2.24) is 4.90 Å². The second-order valence-electron chi connectivity index (χ2n) is 7.74. The van der Waals surface area contributed by atoms with Gasteiger partial charge in [0, 0.05) is 12.1 Å². The fourth-order valence-corrected chi connectivity index (χ4v) is 4.05. The van der Waals surface area contributed by atoms with Crippen LogP contribution < -0.4 is 4.74 Å². The molecule has 1 unspecified atom stereocenters.